The number of aromatic nitrogens is 4. The molecule has 0 radical (unpaired) electrons. The molecule has 1 unspecified atom stereocenters. The van der Waals surface area contributed by atoms with Crippen LogP contribution in [-0.2, 0) is 18.3 Å². The Balaban J connectivity index is 1.29. The lowest BCUT2D eigenvalue weighted by molar-refractivity contribution is 0.0847. The fourth-order valence-corrected chi connectivity index (χ4v) is 5.13. The Kier molecular flexibility index (Phi) is 5.97. The quantitative estimate of drug-likeness (QED) is 0.387. The van der Waals surface area contributed by atoms with Crippen LogP contribution in [0.15, 0.2) is 59.7 Å². The number of fused-ring (bicyclic) bond motifs is 2. The molecule has 6 rings (SSSR count). The van der Waals surface area contributed by atoms with Gasteiger partial charge in [-0.2, -0.15) is 0 Å². The normalized spacial score (nSPS) is 18.0. The van der Waals surface area contributed by atoms with Crippen LogP contribution in [0.3, 0.4) is 0 Å². The average Bonchev–Trinajstić information content (AvgIpc) is 3.41. The van der Waals surface area contributed by atoms with E-state index in [4.69, 9.17) is 9.47 Å². The highest BCUT2D eigenvalue weighted by Crippen LogP contribution is 2.27. The summed E-state index contributed by atoms with van der Waals surface area (Å²) in [5.74, 6) is 1.04. The van der Waals surface area contributed by atoms with E-state index < -0.39 is 6.36 Å². The van der Waals surface area contributed by atoms with Crippen LogP contribution < -0.4 is 15.2 Å². The molecule has 4 aromatic rings. The molecule has 0 spiro atoms. The van der Waals surface area contributed by atoms with Crippen LogP contribution in [0.4, 0.5) is 15.1 Å². The van der Waals surface area contributed by atoms with E-state index in [9.17, 15) is 14.0 Å². The van der Waals surface area contributed by atoms with Gasteiger partial charge in [0.05, 0.1) is 23.5 Å². The second kappa shape index (κ2) is 9.47. The summed E-state index contributed by atoms with van der Waals surface area (Å²) in [4.78, 5) is 37.7. The summed E-state index contributed by atoms with van der Waals surface area (Å²) in [6.07, 6.45) is 1.83. The molecule has 4 heterocycles. The van der Waals surface area contributed by atoms with Crippen LogP contribution in [0.2, 0.25) is 0 Å². The van der Waals surface area contributed by atoms with Gasteiger partial charge >= 0.3 is 6.09 Å². The van der Waals surface area contributed by atoms with Gasteiger partial charge in [0, 0.05) is 57.1 Å². The summed E-state index contributed by atoms with van der Waals surface area (Å²) in [5.41, 5.74) is 3.06. The molecule has 11 heteroatoms. The van der Waals surface area contributed by atoms with Gasteiger partial charge in [0.25, 0.3) is 5.56 Å². The molecule has 2 fully saturated rings. The van der Waals surface area contributed by atoms with Crippen molar-refractivity contribution in [1.29, 1.82) is 0 Å². The first kappa shape index (κ1) is 24.0. The predicted octanol–water partition coefficient (Wildman–Crippen LogP) is 3.18. The summed E-state index contributed by atoms with van der Waals surface area (Å²) in [7, 11) is 1.71. The van der Waals surface area contributed by atoms with E-state index in [1.807, 2.05) is 28.9 Å². The number of amides is 1. The standard InChI is InChI=1S/C27H27FN6O4/c1-17(28)38-24-6-4-3-5-19(24)14-34-23-11-18(7-8-22(23)25(35)31(34)2)20-12-29-26(30-13-20)32-9-10-33-21(15-32)16-37-27(33)36/h3-8,11-13,17,21H,9-10,14-16H2,1-2H3/t17?,21-/m0/s1. The third-order valence-corrected chi connectivity index (χ3v) is 7.12. The van der Waals surface area contributed by atoms with Crippen molar-refractivity contribution in [3.63, 3.8) is 0 Å². The van der Waals surface area contributed by atoms with Gasteiger partial charge in [-0.1, -0.05) is 24.3 Å². The number of hydrogen-bond acceptors (Lipinski definition) is 7. The number of cyclic esters (lactones) is 1. The van der Waals surface area contributed by atoms with Crippen LogP contribution >= 0.6 is 0 Å². The molecular formula is C27H27FN6O4. The number of hydrogen-bond donors (Lipinski definition) is 0. The number of anilines is 1. The average molecular weight is 519 g/mol. The van der Waals surface area contributed by atoms with E-state index in [0.29, 0.717) is 49.9 Å². The minimum absolute atomic E-state index is 0.0143. The smallest absolute Gasteiger partial charge is 0.410 e. The summed E-state index contributed by atoms with van der Waals surface area (Å²) in [6.45, 7) is 3.89. The molecule has 2 aromatic heterocycles. The van der Waals surface area contributed by atoms with Crippen molar-refractivity contribution >= 4 is 22.9 Å². The van der Waals surface area contributed by atoms with Crippen molar-refractivity contribution in [1.82, 2.24) is 24.2 Å². The molecule has 0 N–H and O–H groups in total. The molecule has 1 amide bonds. The van der Waals surface area contributed by atoms with Crippen molar-refractivity contribution in [2.75, 3.05) is 31.1 Å². The summed E-state index contributed by atoms with van der Waals surface area (Å²) < 4.78 is 27.5. The summed E-state index contributed by atoms with van der Waals surface area (Å²) in [5, 5.41) is 0.581. The monoisotopic (exact) mass is 518 g/mol. The first-order valence-electron chi connectivity index (χ1n) is 12.5. The fourth-order valence-electron chi connectivity index (χ4n) is 5.13. The van der Waals surface area contributed by atoms with Gasteiger partial charge in [0.1, 0.15) is 12.4 Å². The maximum atomic E-state index is 13.6. The molecule has 38 heavy (non-hydrogen) atoms. The maximum absolute atomic E-state index is 13.6. The van der Waals surface area contributed by atoms with E-state index in [2.05, 4.69) is 14.9 Å². The van der Waals surface area contributed by atoms with Crippen molar-refractivity contribution in [2.45, 2.75) is 25.9 Å². The molecule has 2 aliphatic heterocycles. The molecule has 0 bridgehead atoms. The number of carbonyl (C=O) groups excluding carboxylic acids is 1. The van der Waals surface area contributed by atoms with Crippen molar-refractivity contribution in [2.24, 2.45) is 7.05 Å². The van der Waals surface area contributed by atoms with Crippen molar-refractivity contribution in [3.8, 4) is 16.9 Å². The highest BCUT2D eigenvalue weighted by molar-refractivity contribution is 5.84. The van der Waals surface area contributed by atoms with Crippen LogP contribution in [0.1, 0.15) is 12.5 Å². The lowest BCUT2D eigenvalue weighted by Crippen LogP contribution is -2.52. The lowest BCUT2D eigenvalue weighted by Gasteiger charge is -2.35. The zero-order chi connectivity index (χ0) is 26.4. The molecular weight excluding hydrogens is 491 g/mol. The number of piperazine rings is 1. The number of carbonyl (C=O) groups is 1. The topological polar surface area (TPSA) is 94.7 Å². The molecule has 2 saturated heterocycles. The van der Waals surface area contributed by atoms with Gasteiger partial charge in [-0.05, 0) is 23.8 Å². The van der Waals surface area contributed by atoms with E-state index in [1.54, 1.807) is 47.2 Å². The Morgan fingerprint density at radius 2 is 1.89 bits per heavy atom. The highest BCUT2D eigenvalue weighted by atomic mass is 19.1. The van der Waals surface area contributed by atoms with Crippen LogP contribution in [0.25, 0.3) is 22.0 Å². The number of halogens is 1. The molecule has 2 aliphatic rings. The predicted molar refractivity (Wildman–Crippen MR) is 139 cm³/mol. The second-order valence-electron chi connectivity index (χ2n) is 9.53. The third-order valence-electron chi connectivity index (χ3n) is 7.12. The van der Waals surface area contributed by atoms with Gasteiger partial charge in [-0.3, -0.25) is 19.1 Å². The van der Waals surface area contributed by atoms with E-state index in [1.165, 1.54) is 6.92 Å². The number of para-hydroxylation sites is 1. The molecule has 0 saturated carbocycles. The number of ether oxygens (including phenoxy) is 2. The maximum Gasteiger partial charge on any atom is 0.410 e. The first-order chi connectivity index (χ1) is 18.4. The lowest BCUT2D eigenvalue weighted by atomic mass is 10.1. The van der Waals surface area contributed by atoms with E-state index >= 15 is 0 Å². The number of alkyl halides is 1. The van der Waals surface area contributed by atoms with Crippen LogP contribution in [0.5, 0.6) is 5.75 Å². The van der Waals surface area contributed by atoms with Crippen LogP contribution in [0, 0.1) is 0 Å². The first-order valence-corrected chi connectivity index (χ1v) is 12.5. The largest absolute Gasteiger partial charge is 0.460 e. The summed E-state index contributed by atoms with van der Waals surface area (Å²) in [6, 6.07) is 12.9. The number of rotatable bonds is 6. The zero-order valence-electron chi connectivity index (χ0n) is 21.1. The van der Waals surface area contributed by atoms with E-state index in [0.717, 1.165) is 22.2 Å². The van der Waals surface area contributed by atoms with Gasteiger partial charge in [0.15, 0.2) is 0 Å². The Labute approximate surface area is 217 Å². The van der Waals surface area contributed by atoms with Crippen LogP contribution in [-0.4, -0.2) is 69.0 Å². The highest BCUT2D eigenvalue weighted by Gasteiger charge is 2.38. The number of benzene rings is 2. The molecule has 10 nitrogen and oxygen atoms in total. The van der Waals surface area contributed by atoms with E-state index in [-0.39, 0.29) is 17.7 Å². The third kappa shape index (κ3) is 4.23. The zero-order valence-corrected chi connectivity index (χ0v) is 21.1. The molecule has 196 valence electrons. The molecule has 2 aromatic carbocycles. The van der Waals surface area contributed by atoms with Gasteiger partial charge in [-0.15, -0.1) is 0 Å². The fraction of sp³-hybridized carbons (Fsp3) is 0.333. The van der Waals surface area contributed by atoms with Gasteiger partial charge < -0.3 is 14.4 Å². The van der Waals surface area contributed by atoms with Gasteiger partial charge in [0.2, 0.25) is 12.3 Å². The minimum atomic E-state index is -1.45. The second-order valence-corrected chi connectivity index (χ2v) is 9.53. The summed E-state index contributed by atoms with van der Waals surface area (Å²) >= 11 is 0. The Morgan fingerprint density at radius 3 is 2.68 bits per heavy atom. The molecule has 2 atom stereocenters. The Morgan fingerprint density at radius 1 is 1.11 bits per heavy atom. The van der Waals surface area contributed by atoms with Gasteiger partial charge in [-0.25, -0.2) is 19.2 Å². The Bertz CT molecular complexity index is 1560. The Hall–Kier alpha value is -4.41. The van der Waals surface area contributed by atoms with Crippen molar-refractivity contribution < 1.29 is 18.7 Å². The molecule has 0 aliphatic carbocycles. The number of nitrogens with zero attached hydrogens (tertiary/aromatic N) is 6. The SMILES string of the molecule is CC(F)Oc1ccccc1Cn1c2cc(-c3cnc(N4CCN5C(=O)OC[C@@H]5C4)nc3)ccc2c(=O)n1C. The minimum Gasteiger partial charge on any atom is -0.460 e. The van der Waals surface area contributed by atoms with Crippen molar-refractivity contribution in [3.05, 3.63) is 70.8 Å².